The first kappa shape index (κ1) is 25.7. The highest BCUT2D eigenvalue weighted by Gasteiger charge is 2.14. The topological polar surface area (TPSA) is 92.3 Å². The first-order valence-electron chi connectivity index (χ1n) is 8.47. The van der Waals surface area contributed by atoms with Crippen LogP contribution in [0.15, 0.2) is 23.2 Å². The smallest absolute Gasteiger partial charge is 0.213 e. The van der Waals surface area contributed by atoms with Crippen LogP contribution in [0.3, 0.4) is 0 Å². The van der Waals surface area contributed by atoms with E-state index in [-0.39, 0.29) is 29.7 Å². The van der Waals surface area contributed by atoms with Crippen LogP contribution in [0.25, 0.3) is 0 Å². The number of aliphatic imine (C=N–C) groups is 1. The number of guanidine groups is 1. The summed E-state index contributed by atoms with van der Waals surface area (Å²) in [6.45, 7) is 3.30. The van der Waals surface area contributed by atoms with Gasteiger partial charge in [0.15, 0.2) is 17.5 Å². The van der Waals surface area contributed by atoms with E-state index in [1.54, 1.807) is 35.2 Å². The normalized spacial score (nSPS) is 11.7. The second kappa shape index (κ2) is 13.0. The fourth-order valence-electron chi connectivity index (χ4n) is 2.26. The number of hydrogen-bond donors (Lipinski definition) is 2. The zero-order chi connectivity index (χ0) is 19.6. The van der Waals surface area contributed by atoms with Crippen LogP contribution in [0, 0.1) is 0 Å². The van der Waals surface area contributed by atoms with Crippen LogP contribution in [0.5, 0.6) is 11.5 Å². The summed E-state index contributed by atoms with van der Waals surface area (Å²) in [6.07, 6.45) is 0.687. The number of nitrogens with zero attached hydrogens (tertiary/aromatic N) is 2. The van der Waals surface area contributed by atoms with Crippen LogP contribution in [-0.2, 0) is 16.6 Å². The Labute approximate surface area is 179 Å². The molecule has 0 saturated heterocycles. The molecule has 27 heavy (non-hydrogen) atoms. The number of sulfonamides is 1. The van der Waals surface area contributed by atoms with Gasteiger partial charge >= 0.3 is 0 Å². The Hall–Kier alpha value is -1.27. The summed E-state index contributed by atoms with van der Waals surface area (Å²) in [5, 5.41) is 6.39. The van der Waals surface area contributed by atoms with Crippen molar-refractivity contribution in [2.75, 3.05) is 47.2 Å². The molecule has 0 spiro atoms. The Kier molecular flexibility index (Phi) is 12.4. The molecule has 10 heteroatoms. The summed E-state index contributed by atoms with van der Waals surface area (Å²) < 4.78 is 35.3. The maximum absolute atomic E-state index is 11.7. The van der Waals surface area contributed by atoms with Crippen molar-refractivity contribution in [2.24, 2.45) is 4.99 Å². The lowest BCUT2D eigenvalue weighted by Gasteiger charge is -2.17. The molecule has 8 nitrogen and oxygen atoms in total. The predicted molar refractivity (Wildman–Crippen MR) is 120 cm³/mol. The van der Waals surface area contributed by atoms with Crippen LogP contribution in [-0.4, -0.2) is 65.8 Å². The van der Waals surface area contributed by atoms with E-state index in [4.69, 9.17) is 9.47 Å². The van der Waals surface area contributed by atoms with Gasteiger partial charge in [0, 0.05) is 33.7 Å². The van der Waals surface area contributed by atoms with Crippen molar-refractivity contribution in [3.05, 3.63) is 23.8 Å². The zero-order valence-electron chi connectivity index (χ0n) is 16.6. The molecule has 0 aliphatic heterocycles. The third-order valence-electron chi connectivity index (χ3n) is 3.91. The largest absolute Gasteiger partial charge is 0.493 e. The molecule has 0 aliphatic carbocycles. The molecule has 2 N–H and O–H groups in total. The van der Waals surface area contributed by atoms with Gasteiger partial charge in [-0.15, -0.1) is 24.0 Å². The molecule has 0 atom stereocenters. The third-order valence-corrected chi connectivity index (χ3v) is 5.78. The van der Waals surface area contributed by atoms with E-state index in [0.717, 1.165) is 5.56 Å². The van der Waals surface area contributed by atoms with Crippen LogP contribution in [0.2, 0.25) is 0 Å². The highest BCUT2D eigenvalue weighted by atomic mass is 127. The van der Waals surface area contributed by atoms with Gasteiger partial charge in [0.05, 0.1) is 20.0 Å². The zero-order valence-corrected chi connectivity index (χ0v) is 19.8. The predicted octanol–water partition coefficient (Wildman–Crippen LogP) is 1.66. The van der Waals surface area contributed by atoms with Gasteiger partial charge in [-0.3, -0.25) is 4.99 Å². The van der Waals surface area contributed by atoms with Crippen LogP contribution in [0.1, 0.15) is 18.9 Å². The molecule has 1 aromatic carbocycles. The summed E-state index contributed by atoms with van der Waals surface area (Å²) in [5.41, 5.74) is 1.03. The molecule has 0 aromatic heterocycles. The lowest BCUT2D eigenvalue weighted by Crippen LogP contribution is -2.38. The van der Waals surface area contributed by atoms with Crippen molar-refractivity contribution >= 4 is 40.0 Å². The van der Waals surface area contributed by atoms with Gasteiger partial charge in [-0.1, -0.05) is 6.07 Å². The first-order chi connectivity index (χ1) is 12.4. The van der Waals surface area contributed by atoms with Gasteiger partial charge in [0.25, 0.3) is 0 Å². The summed E-state index contributed by atoms with van der Waals surface area (Å²) in [7, 11) is 3.37. The van der Waals surface area contributed by atoms with E-state index < -0.39 is 10.0 Å². The molecule has 1 aromatic rings. The molecule has 0 amide bonds. The van der Waals surface area contributed by atoms with Gasteiger partial charge < -0.3 is 20.1 Å². The van der Waals surface area contributed by atoms with Crippen LogP contribution >= 0.6 is 24.0 Å². The lowest BCUT2D eigenvalue weighted by atomic mass is 10.2. The van der Waals surface area contributed by atoms with E-state index in [2.05, 4.69) is 15.6 Å². The van der Waals surface area contributed by atoms with E-state index in [1.165, 1.54) is 4.31 Å². The summed E-state index contributed by atoms with van der Waals surface area (Å²) in [5.74, 6) is 2.13. The van der Waals surface area contributed by atoms with Crippen molar-refractivity contribution in [3.63, 3.8) is 0 Å². The minimum atomic E-state index is -3.13. The lowest BCUT2D eigenvalue weighted by molar-refractivity contribution is 0.354. The number of benzene rings is 1. The van der Waals surface area contributed by atoms with E-state index in [0.29, 0.717) is 43.5 Å². The second-order valence-corrected chi connectivity index (χ2v) is 7.98. The highest BCUT2D eigenvalue weighted by molar-refractivity contribution is 14.0. The van der Waals surface area contributed by atoms with Crippen molar-refractivity contribution < 1.29 is 17.9 Å². The minimum absolute atomic E-state index is 0. The van der Waals surface area contributed by atoms with Gasteiger partial charge in [-0.25, -0.2) is 12.7 Å². The number of ether oxygens (including phenoxy) is 2. The quantitative estimate of drug-likeness (QED) is 0.214. The van der Waals surface area contributed by atoms with Gasteiger partial charge in [0.2, 0.25) is 10.0 Å². The number of methoxy groups -OCH3 is 2. The monoisotopic (exact) mass is 514 g/mol. The Morgan fingerprint density at radius 1 is 1.19 bits per heavy atom. The maximum atomic E-state index is 11.7. The van der Waals surface area contributed by atoms with E-state index in [1.807, 2.05) is 18.2 Å². The molecule has 0 unspecified atom stereocenters. The Morgan fingerprint density at radius 3 is 2.41 bits per heavy atom. The Balaban J connectivity index is 0.00000676. The fraction of sp³-hybridized carbons (Fsp3) is 0.588. The first-order valence-corrected chi connectivity index (χ1v) is 10.1. The molecule has 0 radical (unpaired) electrons. The van der Waals surface area contributed by atoms with Crippen molar-refractivity contribution in [3.8, 4) is 11.5 Å². The number of nitrogens with one attached hydrogen (secondary N) is 2. The molecule has 0 aliphatic rings. The summed E-state index contributed by atoms with van der Waals surface area (Å²) >= 11 is 0. The SMILES string of the molecule is CCS(=O)(=O)N(C)CCCNC(=NC)NCc1ccc(OC)c(OC)c1.I. The van der Waals surface area contributed by atoms with Gasteiger partial charge in [-0.05, 0) is 31.0 Å². The Morgan fingerprint density at radius 2 is 1.85 bits per heavy atom. The average molecular weight is 514 g/mol. The molecule has 0 fully saturated rings. The standard InChI is InChI=1S/C17H30N4O4S.HI/c1-6-26(22,23)21(3)11-7-10-19-17(18-2)20-13-14-8-9-15(24-4)16(12-14)25-5;/h8-9,12H,6-7,10-11,13H2,1-5H3,(H2,18,19,20);1H. The summed E-state index contributed by atoms with van der Waals surface area (Å²) in [6, 6.07) is 5.71. The third kappa shape index (κ3) is 8.52. The van der Waals surface area contributed by atoms with Gasteiger partial charge in [-0.2, -0.15) is 0 Å². The summed E-state index contributed by atoms with van der Waals surface area (Å²) in [4.78, 5) is 4.17. The molecular formula is C17H31IN4O4S. The molecule has 0 bridgehead atoms. The van der Waals surface area contributed by atoms with Crippen LogP contribution in [0.4, 0.5) is 0 Å². The van der Waals surface area contributed by atoms with E-state index in [9.17, 15) is 8.42 Å². The van der Waals surface area contributed by atoms with Crippen LogP contribution < -0.4 is 20.1 Å². The molecule has 0 heterocycles. The number of hydrogen-bond acceptors (Lipinski definition) is 5. The molecule has 1 rings (SSSR count). The second-order valence-electron chi connectivity index (χ2n) is 5.62. The van der Waals surface area contributed by atoms with Crippen molar-refractivity contribution in [1.29, 1.82) is 0 Å². The van der Waals surface area contributed by atoms with Crippen molar-refractivity contribution in [2.45, 2.75) is 19.9 Å². The Bertz CT molecular complexity index is 698. The maximum Gasteiger partial charge on any atom is 0.213 e. The fourth-order valence-corrected chi connectivity index (χ4v) is 3.11. The van der Waals surface area contributed by atoms with Gasteiger partial charge in [0.1, 0.15) is 0 Å². The minimum Gasteiger partial charge on any atom is -0.493 e. The van der Waals surface area contributed by atoms with Crippen molar-refractivity contribution in [1.82, 2.24) is 14.9 Å². The number of halogens is 1. The average Bonchev–Trinajstić information content (AvgIpc) is 2.66. The number of rotatable bonds is 10. The molecule has 156 valence electrons. The molecular weight excluding hydrogens is 483 g/mol. The molecule has 0 saturated carbocycles. The van der Waals surface area contributed by atoms with E-state index >= 15 is 0 Å². The highest BCUT2D eigenvalue weighted by Crippen LogP contribution is 2.27.